The van der Waals surface area contributed by atoms with E-state index in [1.165, 1.54) is 23.1 Å². The summed E-state index contributed by atoms with van der Waals surface area (Å²) in [5.41, 5.74) is 9.88. The summed E-state index contributed by atoms with van der Waals surface area (Å²) >= 11 is 0. The molecule has 3 unspecified atom stereocenters. The van der Waals surface area contributed by atoms with Crippen molar-refractivity contribution in [1.82, 2.24) is 31.3 Å². The van der Waals surface area contributed by atoms with Crippen molar-refractivity contribution in [2.75, 3.05) is 40.6 Å². The van der Waals surface area contributed by atoms with Gasteiger partial charge in [-0.2, -0.15) is 10.3 Å². The first-order valence-corrected chi connectivity index (χ1v) is 20.6. The number of ether oxygens (including phenoxy) is 1. The predicted molar refractivity (Wildman–Crippen MR) is 233 cm³/mol. The quantitative estimate of drug-likeness (QED) is 0.174. The Morgan fingerprint density at radius 2 is 1.93 bits per heavy atom. The molecule has 1 fully saturated rings. The summed E-state index contributed by atoms with van der Waals surface area (Å²) in [5, 5.41) is 20.7. The molecule has 0 spiro atoms. The second kappa shape index (κ2) is 24.1. The zero-order chi connectivity index (χ0) is 41.8. The summed E-state index contributed by atoms with van der Waals surface area (Å²) in [6.45, 7) is 19.4. The molecule has 5 rings (SSSR count). The van der Waals surface area contributed by atoms with E-state index in [0.717, 1.165) is 61.9 Å². The molecule has 0 bridgehead atoms. The van der Waals surface area contributed by atoms with Gasteiger partial charge in [-0.1, -0.05) is 86.1 Å². The summed E-state index contributed by atoms with van der Waals surface area (Å²) in [5.74, 6) is 0.639. The van der Waals surface area contributed by atoms with Crippen LogP contribution in [-0.2, 0) is 21.4 Å². The van der Waals surface area contributed by atoms with Crippen LogP contribution >= 0.6 is 0 Å². The molecule has 1 saturated heterocycles. The summed E-state index contributed by atoms with van der Waals surface area (Å²) in [7, 11) is 3.47. The van der Waals surface area contributed by atoms with Crippen molar-refractivity contribution in [1.29, 1.82) is 5.26 Å². The molecule has 4 atom stereocenters. The van der Waals surface area contributed by atoms with Gasteiger partial charge >= 0.3 is 0 Å². The van der Waals surface area contributed by atoms with Crippen molar-refractivity contribution in [3.8, 4) is 6.07 Å². The Balaban J connectivity index is 0.00000115. The average Bonchev–Trinajstić information content (AvgIpc) is 3.44. The zero-order valence-corrected chi connectivity index (χ0v) is 35.6. The van der Waals surface area contributed by atoms with Crippen LogP contribution in [0.25, 0.3) is 0 Å². The number of fused-ring (bicyclic) bond motifs is 1. The van der Waals surface area contributed by atoms with Gasteiger partial charge in [-0.3, -0.25) is 9.59 Å². The van der Waals surface area contributed by atoms with E-state index in [1.54, 1.807) is 18.1 Å². The zero-order valence-electron chi connectivity index (χ0n) is 35.6. The third kappa shape index (κ3) is 13.1. The molecule has 1 aromatic rings. The van der Waals surface area contributed by atoms with Gasteiger partial charge in [0.15, 0.2) is 0 Å². The number of amides is 2. The third-order valence-electron chi connectivity index (χ3n) is 10.7. The lowest BCUT2D eigenvalue weighted by molar-refractivity contribution is -0.130. The number of hydrogen-bond donors (Lipinski definition) is 4. The smallest absolute Gasteiger partial charge is 0.251 e. The number of rotatable bonds is 11. The maximum atomic E-state index is 13.3. The third-order valence-corrected chi connectivity index (χ3v) is 10.7. The molecule has 0 aromatic heterocycles. The number of allylic oxidation sites excluding steroid dienone is 7. The molecule has 11 nitrogen and oxygen atoms in total. The number of likely N-dealkylation sites (tertiary alicyclic amines) is 1. The fourth-order valence-corrected chi connectivity index (χ4v) is 7.70. The van der Waals surface area contributed by atoms with Gasteiger partial charge in [0.05, 0.1) is 24.1 Å². The fourth-order valence-electron chi connectivity index (χ4n) is 7.70. The Hall–Kier alpha value is -4.76. The first-order valence-electron chi connectivity index (χ1n) is 20.6. The lowest BCUT2D eigenvalue weighted by Crippen LogP contribution is -2.56. The summed E-state index contributed by atoms with van der Waals surface area (Å²) in [4.78, 5) is 33.1. The maximum absolute atomic E-state index is 13.3. The first kappa shape index (κ1) is 46.6. The number of aliphatic imine (C=N–C) groups is 1. The number of amidine groups is 1. The average molecular weight is 781 g/mol. The minimum Gasteiger partial charge on any atom is -0.394 e. The first-order chi connectivity index (χ1) is 27.5. The van der Waals surface area contributed by atoms with Gasteiger partial charge in [0, 0.05) is 32.2 Å². The van der Waals surface area contributed by atoms with Gasteiger partial charge in [0.1, 0.15) is 25.3 Å². The summed E-state index contributed by atoms with van der Waals surface area (Å²) in [6.07, 6.45) is 21.7. The second-order valence-corrected chi connectivity index (χ2v) is 15.2. The highest BCUT2D eigenvalue weighted by Gasteiger charge is 2.43. The van der Waals surface area contributed by atoms with Crippen LogP contribution in [-0.4, -0.2) is 86.3 Å². The van der Waals surface area contributed by atoms with Gasteiger partial charge in [0.25, 0.3) is 5.91 Å². The van der Waals surface area contributed by atoms with Crippen LogP contribution in [0, 0.1) is 11.3 Å². The standard InChI is InChI=1S/C40H53N7O3.C3H7N.C3H8/c1-6-9-31-14-15-32-22-33(38(49)42-5)16-18-36(32)40(20-19-29(31)3,23-30(4)43-25-37(48)46-21-8-12-35(46)24-41)39-44-26-50-27-47(45-39)34-11-7-10-28(2)13-17-34;1-3-4-2;1-3-2/h6-7,10-11,13,16-18,22,30,34-35,43H,1,8-9,12,14-15,19-21,23,25-27H2,2-5H3,(H,42,49)(H,44,45);3-4H,1H2,2H3;3H2,1-2H3/b31-29-;;/t30-,34?,35?,40?;;/m1../s1. The van der Waals surface area contributed by atoms with E-state index in [2.05, 4.69) is 117 Å². The minimum atomic E-state index is -0.627. The van der Waals surface area contributed by atoms with E-state index in [4.69, 9.17) is 9.73 Å². The normalized spacial score (nSPS) is 23.9. The van der Waals surface area contributed by atoms with Crippen molar-refractivity contribution >= 4 is 17.6 Å². The second-order valence-electron chi connectivity index (χ2n) is 15.2. The monoisotopic (exact) mass is 781 g/mol. The van der Waals surface area contributed by atoms with E-state index >= 15 is 0 Å². The predicted octanol–water partition coefficient (Wildman–Crippen LogP) is 7.14. The van der Waals surface area contributed by atoms with Gasteiger partial charge in [-0.15, -0.1) is 6.58 Å². The number of aryl methyl sites for hydroxylation is 1. The number of hydrogen-bond acceptors (Lipinski definition) is 9. The lowest BCUT2D eigenvalue weighted by atomic mass is 9.68. The Labute approximate surface area is 342 Å². The van der Waals surface area contributed by atoms with E-state index in [-0.39, 0.29) is 43.2 Å². The fraction of sp³-hybridized carbons (Fsp3) is 0.522. The SMILES string of the molecule is C=CC/C1=C(\C)CCC(C[C@@H](C)NCC(=O)N2CCCC2C#N)(C2=NCOCN(C3C=CC=C(C)C=C3)N2)c2ccc(C(=O)NC)cc2CC1.C=CNC.CCC. The minimum absolute atomic E-state index is 0.0479. The molecule has 4 aliphatic rings. The molecule has 0 saturated carbocycles. The molecular weight excluding hydrogens is 713 g/mol. The van der Waals surface area contributed by atoms with E-state index in [0.29, 0.717) is 25.3 Å². The number of carbonyl (C=O) groups is 2. The topological polar surface area (TPSA) is 134 Å². The van der Waals surface area contributed by atoms with Gasteiger partial charge in [0.2, 0.25) is 5.91 Å². The molecule has 310 valence electrons. The Bertz CT molecular complexity index is 1720. The molecule has 2 aliphatic carbocycles. The van der Waals surface area contributed by atoms with Crippen molar-refractivity contribution < 1.29 is 14.3 Å². The number of nitriles is 1. The summed E-state index contributed by atoms with van der Waals surface area (Å²) < 4.78 is 6.09. The van der Waals surface area contributed by atoms with Crippen molar-refractivity contribution in [2.45, 2.75) is 116 Å². The Kier molecular flexibility index (Phi) is 19.7. The number of carbonyl (C=O) groups excluding carboxylic acids is 2. The highest BCUT2D eigenvalue weighted by Crippen LogP contribution is 2.42. The van der Waals surface area contributed by atoms with Crippen molar-refractivity contribution in [3.63, 3.8) is 0 Å². The van der Waals surface area contributed by atoms with Crippen LogP contribution in [0.5, 0.6) is 0 Å². The van der Waals surface area contributed by atoms with Crippen LogP contribution in [0.2, 0.25) is 0 Å². The highest BCUT2D eigenvalue weighted by molar-refractivity contribution is 5.96. The van der Waals surface area contributed by atoms with E-state index in [9.17, 15) is 14.9 Å². The van der Waals surface area contributed by atoms with E-state index < -0.39 is 5.41 Å². The Morgan fingerprint density at radius 3 is 2.61 bits per heavy atom. The molecular formula is C46H68N8O3. The van der Waals surface area contributed by atoms with Crippen LogP contribution in [0.1, 0.15) is 107 Å². The number of nitrogens with zero attached hydrogens (tertiary/aromatic N) is 4. The highest BCUT2D eigenvalue weighted by atomic mass is 16.5. The molecule has 2 aliphatic heterocycles. The number of benzene rings is 1. The lowest BCUT2D eigenvalue weighted by Gasteiger charge is -2.41. The van der Waals surface area contributed by atoms with Crippen LogP contribution in [0.3, 0.4) is 0 Å². The molecule has 0 radical (unpaired) electrons. The van der Waals surface area contributed by atoms with Crippen LogP contribution < -0.4 is 21.4 Å². The molecule has 11 heteroatoms. The number of nitrogens with one attached hydrogen (secondary N) is 4. The molecule has 57 heavy (non-hydrogen) atoms. The Morgan fingerprint density at radius 1 is 1.18 bits per heavy atom. The van der Waals surface area contributed by atoms with Gasteiger partial charge in [-0.25, -0.2) is 4.99 Å². The van der Waals surface area contributed by atoms with E-state index in [1.807, 2.05) is 25.3 Å². The maximum Gasteiger partial charge on any atom is 0.251 e. The summed E-state index contributed by atoms with van der Waals surface area (Å²) in [6, 6.07) is 7.84. The molecule has 4 N–H and O–H groups in total. The molecule has 2 heterocycles. The van der Waals surface area contributed by atoms with Crippen LogP contribution in [0.4, 0.5) is 0 Å². The largest absolute Gasteiger partial charge is 0.394 e. The van der Waals surface area contributed by atoms with Gasteiger partial charge in [-0.05, 0) is 102 Å². The molecule has 1 aromatic carbocycles. The molecule has 2 amide bonds. The number of hydrazine groups is 1. The van der Waals surface area contributed by atoms with Gasteiger partial charge < -0.3 is 31.0 Å². The van der Waals surface area contributed by atoms with Crippen molar-refractivity contribution in [3.05, 3.63) is 107 Å². The van der Waals surface area contributed by atoms with Crippen molar-refractivity contribution in [2.24, 2.45) is 4.99 Å². The van der Waals surface area contributed by atoms with Crippen LogP contribution in [0.15, 0.2) is 95.7 Å².